The Balaban J connectivity index is 1.57. The molecular weight excluding hydrogens is 332 g/mol. The van der Waals surface area contributed by atoms with Crippen molar-refractivity contribution in [2.75, 3.05) is 11.9 Å². The zero-order chi connectivity index (χ0) is 17.6. The molecule has 3 N–H and O–H groups in total. The molecule has 1 atom stereocenters. The molecule has 1 heterocycles. The summed E-state index contributed by atoms with van der Waals surface area (Å²) in [6.07, 6.45) is 2.75. The summed E-state index contributed by atoms with van der Waals surface area (Å²) in [5.41, 5.74) is 3.19. The molecule has 0 unspecified atom stereocenters. The molecule has 25 heavy (non-hydrogen) atoms. The van der Waals surface area contributed by atoms with Gasteiger partial charge < -0.3 is 5.32 Å². The maximum Gasteiger partial charge on any atom is 0.0737 e. The number of fused-ring (bicyclic) bond motifs is 1. The Morgan fingerprint density at radius 1 is 1.16 bits per heavy atom. The van der Waals surface area contributed by atoms with Crippen LogP contribution in [0.3, 0.4) is 0 Å². The number of halogens is 1. The van der Waals surface area contributed by atoms with Gasteiger partial charge in [0.25, 0.3) is 0 Å². The van der Waals surface area contributed by atoms with Crippen molar-refractivity contribution in [2.45, 2.75) is 25.9 Å². The molecule has 4 nitrogen and oxygen atoms in total. The molecule has 0 radical (unpaired) electrons. The quantitative estimate of drug-likeness (QED) is 0.486. The van der Waals surface area contributed by atoms with Crippen LogP contribution in [0.1, 0.15) is 18.9 Å². The van der Waals surface area contributed by atoms with Gasteiger partial charge in [-0.25, -0.2) is 5.01 Å². The molecule has 0 spiro atoms. The zero-order valence-corrected chi connectivity index (χ0v) is 15.1. The molecule has 0 aliphatic heterocycles. The summed E-state index contributed by atoms with van der Waals surface area (Å²) in [5, 5.41) is 7.19. The van der Waals surface area contributed by atoms with E-state index in [0.29, 0.717) is 11.1 Å². The van der Waals surface area contributed by atoms with E-state index in [1.807, 2.05) is 47.5 Å². The minimum Gasteiger partial charge on any atom is -0.382 e. The predicted octanol–water partition coefficient (Wildman–Crippen LogP) is 4.45. The minimum absolute atomic E-state index is 0.295. The van der Waals surface area contributed by atoms with Crippen molar-refractivity contribution in [3.8, 4) is 0 Å². The third-order valence-electron chi connectivity index (χ3n) is 4.18. The van der Waals surface area contributed by atoms with E-state index in [4.69, 9.17) is 17.4 Å². The first-order valence-corrected chi connectivity index (χ1v) is 8.84. The Morgan fingerprint density at radius 3 is 2.76 bits per heavy atom. The molecular formula is C20H23ClN4. The van der Waals surface area contributed by atoms with E-state index in [2.05, 4.69) is 29.4 Å². The van der Waals surface area contributed by atoms with Gasteiger partial charge in [-0.15, -0.1) is 0 Å². The molecule has 0 amide bonds. The van der Waals surface area contributed by atoms with E-state index in [9.17, 15) is 0 Å². The Kier molecular flexibility index (Phi) is 5.87. The lowest BCUT2D eigenvalue weighted by atomic mass is 10.1. The maximum atomic E-state index is 6.14. The number of nitrogens with one attached hydrogen (secondary N) is 1. The standard InChI is InChI=1S/C20H23ClN4/c1-15(10-12-25(22)14-16-5-3-2-4-6-16)24-19-9-11-23-20-13-17(21)7-8-18(19)20/h2-9,11,13,15H,10,12,14,22H2,1H3,(H,23,24)/t15-/m1/s1. The number of pyridine rings is 1. The summed E-state index contributed by atoms with van der Waals surface area (Å²) in [6.45, 7) is 3.74. The van der Waals surface area contributed by atoms with Crippen LogP contribution in [0.25, 0.3) is 10.9 Å². The van der Waals surface area contributed by atoms with Crippen LogP contribution in [0.15, 0.2) is 60.8 Å². The van der Waals surface area contributed by atoms with Crippen molar-refractivity contribution < 1.29 is 0 Å². The van der Waals surface area contributed by atoms with Gasteiger partial charge in [-0.1, -0.05) is 41.9 Å². The van der Waals surface area contributed by atoms with Gasteiger partial charge in [0.15, 0.2) is 0 Å². The number of hydrogen-bond acceptors (Lipinski definition) is 4. The smallest absolute Gasteiger partial charge is 0.0737 e. The highest BCUT2D eigenvalue weighted by atomic mass is 35.5. The number of hydrazine groups is 1. The summed E-state index contributed by atoms with van der Waals surface area (Å²) >= 11 is 6.05. The molecule has 1 aromatic heterocycles. The SMILES string of the molecule is C[C@H](CCN(N)Cc1ccccc1)Nc1ccnc2cc(Cl)ccc12. The van der Waals surface area contributed by atoms with Gasteiger partial charge in [0.05, 0.1) is 5.52 Å². The highest BCUT2D eigenvalue weighted by Gasteiger charge is 2.08. The molecule has 0 saturated heterocycles. The van der Waals surface area contributed by atoms with Gasteiger partial charge in [0.1, 0.15) is 0 Å². The van der Waals surface area contributed by atoms with Gasteiger partial charge in [0, 0.05) is 41.4 Å². The fraction of sp³-hybridized carbons (Fsp3) is 0.250. The third-order valence-corrected chi connectivity index (χ3v) is 4.42. The Labute approximate surface area is 153 Å². The van der Waals surface area contributed by atoms with Gasteiger partial charge >= 0.3 is 0 Å². The third kappa shape index (κ3) is 4.92. The average Bonchev–Trinajstić information content (AvgIpc) is 2.61. The van der Waals surface area contributed by atoms with E-state index in [0.717, 1.165) is 36.1 Å². The highest BCUT2D eigenvalue weighted by molar-refractivity contribution is 6.31. The van der Waals surface area contributed by atoms with E-state index >= 15 is 0 Å². The van der Waals surface area contributed by atoms with E-state index < -0.39 is 0 Å². The largest absolute Gasteiger partial charge is 0.382 e. The van der Waals surface area contributed by atoms with Crippen LogP contribution in [-0.4, -0.2) is 22.6 Å². The number of rotatable bonds is 7. The molecule has 0 saturated carbocycles. The summed E-state index contributed by atoms with van der Waals surface area (Å²) < 4.78 is 0. The van der Waals surface area contributed by atoms with Crippen molar-refractivity contribution in [3.05, 3.63) is 71.4 Å². The van der Waals surface area contributed by atoms with Crippen molar-refractivity contribution in [1.29, 1.82) is 0 Å². The first-order chi connectivity index (χ1) is 12.1. The predicted molar refractivity (Wildman–Crippen MR) is 105 cm³/mol. The van der Waals surface area contributed by atoms with E-state index in [1.165, 1.54) is 5.56 Å². The van der Waals surface area contributed by atoms with Crippen LogP contribution in [0, 0.1) is 0 Å². The molecule has 130 valence electrons. The second-order valence-electron chi connectivity index (χ2n) is 6.31. The van der Waals surface area contributed by atoms with E-state index in [-0.39, 0.29) is 0 Å². The Hall–Kier alpha value is -2.14. The van der Waals surface area contributed by atoms with Crippen molar-refractivity contribution in [2.24, 2.45) is 5.84 Å². The molecule has 5 heteroatoms. The zero-order valence-electron chi connectivity index (χ0n) is 14.3. The highest BCUT2D eigenvalue weighted by Crippen LogP contribution is 2.25. The maximum absolute atomic E-state index is 6.14. The number of benzene rings is 2. The minimum atomic E-state index is 0.295. The summed E-state index contributed by atoms with van der Waals surface area (Å²) in [4.78, 5) is 4.38. The average molecular weight is 355 g/mol. The van der Waals surface area contributed by atoms with Gasteiger partial charge in [0.2, 0.25) is 0 Å². The molecule has 3 aromatic rings. The molecule has 3 rings (SSSR count). The fourth-order valence-corrected chi connectivity index (χ4v) is 3.01. The first kappa shape index (κ1) is 17.7. The van der Waals surface area contributed by atoms with Crippen LogP contribution in [0.5, 0.6) is 0 Å². The number of nitrogens with zero attached hydrogens (tertiary/aromatic N) is 2. The van der Waals surface area contributed by atoms with Crippen LogP contribution in [0.4, 0.5) is 5.69 Å². The molecule has 0 aliphatic rings. The molecule has 0 bridgehead atoms. The second-order valence-corrected chi connectivity index (χ2v) is 6.75. The van der Waals surface area contributed by atoms with Crippen molar-refractivity contribution in [3.63, 3.8) is 0 Å². The lowest BCUT2D eigenvalue weighted by Gasteiger charge is -2.21. The monoisotopic (exact) mass is 354 g/mol. The van der Waals surface area contributed by atoms with Gasteiger partial charge in [-0.05, 0) is 43.2 Å². The van der Waals surface area contributed by atoms with Crippen molar-refractivity contribution >= 4 is 28.2 Å². The summed E-state index contributed by atoms with van der Waals surface area (Å²) in [6, 6.07) is 18.3. The molecule has 0 fully saturated rings. The van der Waals surface area contributed by atoms with E-state index in [1.54, 1.807) is 6.20 Å². The summed E-state index contributed by atoms with van der Waals surface area (Å²) in [7, 11) is 0. The number of aromatic nitrogens is 1. The molecule has 0 aliphatic carbocycles. The lowest BCUT2D eigenvalue weighted by Crippen LogP contribution is -2.34. The topological polar surface area (TPSA) is 54.2 Å². The number of anilines is 1. The normalized spacial score (nSPS) is 12.5. The van der Waals surface area contributed by atoms with Gasteiger partial charge in [-0.2, -0.15) is 0 Å². The second kappa shape index (κ2) is 8.30. The summed E-state index contributed by atoms with van der Waals surface area (Å²) in [5.74, 6) is 6.14. The Morgan fingerprint density at radius 2 is 1.96 bits per heavy atom. The van der Waals surface area contributed by atoms with Crippen LogP contribution in [0.2, 0.25) is 5.02 Å². The first-order valence-electron chi connectivity index (χ1n) is 8.46. The van der Waals surface area contributed by atoms with Crippen LogP contribution in [-0.2, 0) is 6.54 Å². The van der Waals surface area contributed by atoms with Crippen LogP contribution < -0.4 is 11.2 Å². The lowest BCUT2D eigenvalue weighted by molar-refractivity contribution is 0.267. The number of nitrogens with two attached hydrogens (primary N) is 1. The van der Waals surface area contributed by atoms with Crippen LogP contribution >= 0.6 is 11.6 Å². The fourth-order valence-electron chi connectivity index (χ4n) is 2.84. The molecule has 2 aromatic carbocycles. The van der Waals surface area contributed by atoms with Crippen molar-refractivity contribution in [1.82, 2.24) is 9.99 Å². The Bertz CT molecular complexity index is 822. The van der Waals surface area contributed by atoms with Gasteiger partial charge in [-0.3, -0.25) is 10.8 Å². The number of hydrogen-bond donors (Lipinski definition) is 2.